The van der Waals surface area contributed by atoms with E-state index in [9.17, 15) is 0 Å². The van der Waals surface area contributed by atoms with E-state index in [4.69, 9.17) is 5.11 Å². The first-order chi connectivity index (χ1) is 6.34. The summed E-state index contributed by atoms with van der Waals surface area (Å²) < 4.78 is 0. The second-order valence-electron chi connectivity index (χ2n) is 2.85. The molecule has 1 N–H and O–H groups in total. The van der Waals surface area contributed by atoms with Crippen molar-refractivity contribution in [3.63, 3.8) is 0 Å². The summed E-state index contributed by atoms with van der Waals surface area (Å²) in [5, 5.41) is 8.61. The molecule has 0 radical (unpaired) electrons. The van der Waals surface area contributed by atoms with Gasteiger partial charge in [0.1, 0.15) is 0 Å². The third kappa shape index (κ3) is 4.50. The summed E-state index contributed by atoms with van der Waals surface area (Å²) in [6, 6.07) is 15.9. The number of hydrogen-bond donors (Lipinski definition) is 1. The number of aliphatic hydroxyl groups is 1. The molecule has 0 unspecified atom stereocenters. The Morgan fingerprint density at radius 3 is 2.14 bits per heavy atom. The average Bonchev–Trinajstić information content (AvgIpc) is 2.76. The van der Waals surface area contributed by atoms with Gasteiger partial charge in [-0.15, -0.1) is 5.56 Å². The van der Waals surface area contributed by atoms with Crippen LogP contribution in [0.5, 0.6) is 0 Å². The third-order valence-electron chi connectivity index (χ3n) is 1.88. The fraction of sp³-hybridized carbons (Fsp3) is 0.167. The number of aryl methyl sites for hydroxylation is 1. The molecule has 0 aliphatic heterocycles. The number of hydrogen-bond acceptors (Lipinski definition) is 1. The van der Waals surface area contributed by atoms with Crippen molar-refractivity contribution in [1.29, 1.82) is 0 Å². The van der Waals surface area contributed by atoms with Crippen molar-refractivity contribution < 1.29 is 24.6 Å². The zero-order valence-electron chi connectivity index (χ0n) is 8.13. The van der Waals surface area contributed by atoms with E-state index < -0.39 is 0 Å². The van der Waals surface area contributed by atoms with Gasteiger partial charge in [0, 0.05) is 6.61 Å². The van der Waals surface area contributed by atoms with Crippen molar-refractivity contribution in [2.24, 2.45) is 0 Å². The molecule has 0 bridgehead atoms. The summed E-state index contributed by atoms with van der Waals surface area (Å²) in [5.74, 6) is 0. The van der Waals surface area contributed by atoms with Crippen molar-refractivity contribution in [3.8, 4) is 0 Å². The van der Waals surface area contributed by atoms with E-state index in [1.165, 1.54) is 5.56 Å². The monoisotopic (exact) mass is 276 g/mol. The predicted molar refractivity (Wildman–Crippen MR) is 54.7 cm³/mol. The Morgan fingerprint density at radius 1 is 1.29 bits per heavy atom. The second-order valence-corrected chi connectivity index (χ2v) is 2.85. The zero-order chi connectivity index (χ0) is 9.52. The van der Waals surface area contributed by atoms with Gasteiger partial charge in [-0.25, -0.2) is 24.3 Å². The topological polar surface area (TPSA) is 20.2 Å². The van der Waals surface area contributed by atoms with E-state index in [0.29, 0.717) is 0 Å². The summed E-state index contributed by atoms with van der Waals surface area (Å²) >= 11 is 0. The molecule has 0 aliphatic rings. The fourth-order valence-electron chi connectivity index (χ4n) is 1.05. The van der Waals surface area contributed by atoms with Crippen LogP contribution in [-0.4, -0.2) is 5.11 Å². The van der Waals surface area contributed by atoms with E-state index in [2.05, 4.69) is 0 Å². The Hall–Kier alpha value is -0.717. The van der Waals surface area contributed by atoms with Crippen LogP contribution in [0.3, 0.4) is 0 Å². The van der Waals surface area contributed by atoms with Crippen LogP contribution in [0.15, 0.2) is 48.5 Å². The van der Waals surface area contributed by atoms with Gasteiger partial charge in [-0.1, -0.05) is 6.92 Å². The zero-order valence-corrected chi connectivity index (χ0v) is 9.86. The molecule has 0 saturated carbocycles. The van der Waals surface area contributed by atoms with Gasteiger partial charge in [-0.05, 0) is 0 Å². The van der Waals surface area contributed by atoms with Crippen molar-refractivity contribution in [2.75, 3.05) is 0 Å². The minimum absolute atomic E-state index is 0. The van der Waals surface area contributed by atoms with Gasteiger partial charge in [0.25, 0.3) is 0 Å². The van der Waals surface area contributed by atoms with Crippen molar-refractivity contribution in [3.05, 3.63) is 59.7 Å². The van der Waals surface area contributed by atoms with Crippen LogP contribution in [0.25, 0.3) is 0 Å². The first-order valence-corrected chi connectivity index (χ1v) is 4.33. The Balaban J connectivity index is 0.000000246. The molecule has 0 fully saturated rings. The molecule has 0 aromatic heterocycles. The molecule has 76 valence electrons. The maximum Gasteiger partial charge on any atom is 2.00 e. The van der Waals surface area contributed by atoms with Gasteiger partial charge in [0.15, 0.2) is 0 Å². The molecule has 0 amide bonds. The van der Waals surface area contributed by atoms with E-state index in [-0.39, 0.29) is 26.1 Å². The normalized spacial score (nSPS) is 8.43. The van der Waals surface area contributed by atoms with Crippen LogP contribution in [0.4, 0.5) is 0 Å². The van der Waals surface area contributed by atoms with E-state index >= 15 is 0 Å². The Labute approximate surface area is 97.9 Å². The molecule has 0 spiro atoms. The minimum atomic E-state index is 0. The third-order valence-corrected chi connectivity index (χ3v) is 1.88. The number of rotatable bonds is 1. The SMILES string of the molecule is Cc1ccc[c-]1CO.[Ru+2].c1cc[cH-]c1. The fourth-order valence-corrected chi connectivity index (χ4v) is 1.05. The maximum atomic E-state index is 8.61. The van der Waals surface area contributed by atoms with Crippen LogP contribution in [-0.2, 0) is 26.1 Å². The summed E-state index contributed by atoms with van der Waals surface area (Å²) in [5.41, 5.74) is 2.21. The average molecular weight is 275 g/mol. The van der Waals surface area contributed by atoms with Gasteiger partial charge in [0.05, 0.1) is 0 Å². The van der Waals surface area contributed by atoms with Gasteiger partial charge >= 0.3 is 19.5 Å². The van der Waals surface area contributed by atoms with Gasteiger partial charge in [0.2, 0.25) is 0 Å². The van der Waals surface area contributed by atoms with E-state index in [1.54, 1.807) is 0 Å². The first-order valence-electron chi connectivity index (χ1n) is 4.33. The second kappa shape index (κ2) is 7.67. The summed E-state index contributed by atoms with van der Waals surface area (Å²) in [7, 11) is 0. The van der Waals surface area contributed by atoms with E-state index in [0.717, 1.165) is 5.56 Å². The standard InChI is InChI=1S/C7H9O.C5H5.Ru/c1-6-3-2-4-7(6)5-8;1-2-4-5-3-1;/h2-4,8H,5H2,1H3;1-5H;/q2*-1;+2. The summed E-state index contributed by atoms with van der Waals surface area (Å²) in [6.07, 6.45) is 0. The molecule has 0 aliphatic carbocycles. The van der Waals surface area contributed by atoms with Crippen molar-refractivity contribution in [1.82, 2.24) is 0 Å². The molecule has 0 atom stereocenters. The summed E-state index contributed by atoms with van der Waals surface area (Å²) in [6.45, 7) is 2.16. The molecule has 0 heterocycles. The largest absolute Gasteiger partial charge is 2.00 e. The van der Waals surface area contributed by atoms with Crippen LogP contribution < -0.4 is 0 Å². The molecule has 0 saturated heterocycles. The van der Waals surface area contributed by atoms with Crippen LogP contribution in [0, 0.1) is 6.92 Å². The molecule has 2 aromatic carbocycles. The number of aliphatic hydroxyl groups excluding tert-OH is 1. The van der Waals surface area contributed by atoms with Gasteiger partial charge in [-0.3, -0.25) is 0 Å². The van der Waals surface area contributed by atoms with Gasteiger partial charge in [-0.2, -0.15) is 29.8 Å². The van der Waals surface area contributed by atoms with Crippen molar-refractivity contribution in [2.45, 2.75) is 13.5 Å². The molecule has 2 aromatic rings. The first kappa shape index (κ1) is 13.3. The Morgan fingerprint density at radius 2 is 1.93 bits per heavy atom. The summed E-state index contributed by atoms with van der Waals surface area (Å²) in [4.78, 5) is 0. The Bertz CT molecular complexity index is 291. The van der Waals surface area contributed by atoms with Crippen LogP contribution in [0.2, 0.25) is 0 Å². The van der Waals surface area contributed by atoms with Crippen molar-refractivity contribution >= 4 is 0 Å². The van der Waals surface area contributed by atoms with Crippen LogP contribution in [0.1, 0.15) is 11.1 Å². The Kier molecular flexibility index (Phi) is 7.27. The van der Waals surface area contributed by atoms with E-state index in [1.807, 2.05) is 55.5 Å². The minimum Gasteiger partial charge on any atom is -0.404 e. The molecule has 2 rings (SSSR count). The molecular formula is C12H14ORu. The molecule has 1 nitrogen and oxygen atoms in total. The van der Waals surface area contributed by atoms with Crippen LogP contribution >= 0.6 is 0 Å². The van der Waals surface area contributed by atoms with Gasteiger partial charge < -0.3 is 5.11 Å². The quantitative estimate of drug-likeness (QED) is 0.626. The maximum absolute atomic E-state index is 8.61. The molecule has 14 heavy (non-hydrogen) atoms. The molecular weight excluding hydrogens is 261 g/mol. The molecule has 2 heteroatoms. The smallest absolute Gasteiger partial charge is 0.404 e. The predicted octanol–water partition coefficient (Wildman–Crippen LogP) is 2.61.